The van der Waals surface area contributed by atoms with Gasteiger partial charge in [-0.25, -0.2) is 4.98 Å². The quantitative estimate of drug-likeness (QED) is 0.844. The van der Waals surface area contributed by atoms with Crippen LogP contribution in [0.1, 0.15) is 39.3 Å². The average Bonchev–Trinajstić information content (AvgIpc) is 2.89. The lowest BCUT2D eigenvalue weighted by Crippen LogP contribution is -2.11. The van der Waals surface area contributed by atoms with Gasteiger partial charge in [0.05, 0.1) is 5.69 Å². The maximum absolute atomic E-state index is 12.2. The number of halogens is 1. The van der Waals surface area contributed by atoms with Gasteiger partial charge in [-0.2, -0.15) is 0 Å². The number of aryl methyl sites for hydroxylation is 2. The Labute approximate surface area is 130 Å². The van der Waals surface area contributed by atoms with Crippen molar-refractivity contribution in [3.05, 3.63) is 46.0 Å². The zero-order valence-corrected chi connectivity index (χ0v) is 13.4. The zero-order chi connectivity index (χ0) is 13.9. The molecule has 1 aliphatic carbocycles. The van der Waals surface area contributed by atoms with Gasteiger partial charge >= 0.3 is 0 Å². The number of rotatable bonds is 3. The van der Waals surface area contributed by atoms with Gasteiger partial charge in [-0.1, -0.05) is 28.1 Å². The molecule has 0 spiro atoms. The van der Waals surface area contributed by atoms with Crippen LogP contribution >= 0.6 is 27.3 Å². The van der Waals surface area contributed by atoms with Crippen LogP contribution in [0.4, 0.5) is 5.13 Å². The lowest BCUT2D eigenvalue weighted by Gasteiger charge is -2.06. The highest BCUT2D eigenvalue weighted by Gasteiger charge is 2.16. The number of hydrogen-bond donors (Lipinski definition) is 1. The van der Waals surface area contributed by atoms with Crippen molar-refractivity contribution >= 4 is 38.3 Å². The Morgan fingerprint density at radius 2 is 2.00 bits per heavy atom. The van der Waals surface area contributed by atoms with Crippen LogP contribution in [0.15, 0.2) is 24.3 Å². The smallest absolute Gasteiger partial charge is 0.257 e. The van der Waals surface area contributed by atoms with E-state index in [0.29, 0.717) is 5.56 Å². The van der Waals surface area contributed by atoms with Crippen molar-refractivity contribution in [3.63, 3.8) is 0 Å². The molecule has 0 radical (unpaired) electrons. The van der Waals surface area contributed by atoms with Crippen molar-refractivity contribution in [1.29, 1.82) is 0 Å². The van der Waals surface area contributed by atoms with Crippen LogP contribution in [0.25, 0.3) is 0 Å². The highest BCUT2D eigenvalue weighted by molar-refractivity contribution is 9.08. The number of anilines is 1. The van der Waals surface area contributed by atoms with E-state index >= 15 is 0 Å². The summed E-state index contributed by atoms with van der Waals surface area (Å²) in [6, 6.07) is 7.60. The largest absolute Gasteiger partial charge is 0.298 e. The van der Waals surface area contributed by atoms with Crippen LogP contribution in [0.5, 0.6) is 0 Å². The molecule has 0 fully saturated rings. The van der Waals surface area contributed by atoms with Crippen molar-refractivity contribution in [2.45, 2.75) is 31.0 Å². The number of amides is 1. The summed E-state index contributed by atoms with van der Waals surface area (Å²) >= 11 is 5.01. The van der Waals surface area contributed by atoms with E-state index in [1.807, 2.05) is 24.3 Å². The summed E-state index contributed by atoms with van der Waals surface area (Å²) in [5, 5.41) is 4.44. The van der Waals surface area contributed by atoms with Crippen molar-refractivity contribution in [2.24, 2.45) is 0 Å². The normalized spacial score (nSPS) is 13.8. The van der Waals surface area contributed by atoms with Crippen LogP contribution in [-0.2, 0) is 18.2 Å². The molecule has 1 aliphatic rings. The Morgan fingerprint density at radius 3 is 2.70 bits per heavy atom. The van der Waals surface area contributed by atoms with Gasteiger partial charge < -0.3 is 0 Å². The minimum atomic E-state index is -0.0859. The van der Waals surface area contributed by atoms with Crippen LogP contribution < -0.4 is 5.32 Å². The molecule has 0 bridgehead atoms. The Balaban J connectivity index is 1.73. The van der Waals surface area contributed by atoms with E-state index in [1.165, 1.54) is 23.4 Å². The molecule has 0 unspecified atom stereocenters. The topological polar surface area (TPSA) is 42.0 Å². The summed E-state index contributed by atoms with van der Waals surface area (Å²) in [5.41, 5.74) is 3.00. The third-order valence-corrected chi connectivity index (χ3v) is 5.16. The molecule has 0 saturated heterocycles. The third kappa shape index (κ3) is 2.94. The zero-order valence-electron chi connectivity index (χ0n) is 11.0. The van der Waals surface area contributed by atoms with E-state index in [4.69, 9.17) is 0 Å². The molecule has 1 heterocycles. The van der Waals surface area contributed by atoms with Gasteiger partial charge in [0.1, 0.15) is 0 Å². The molecular formula is C15H15BrN2OS. The van der Waals surface area contributed by atoms with Crippen molar-refractivity contribution < 1.29 is 4.79 Å². The molecule has 20 heavy (non-hydrogen) atoms. The Kier molecular flexibility index (Phi) is 4.17. The van der Waals surface area contributed by atoms with Crippen LogP contribution in [0, 0.1) is 0 Å². The number of thiazole rings is 1. The van der Waals surface area contributed by atoms with Crippen molar-refractivity contribution in [3.8, 4) is 0 Å². The molecule has 104 valence electrons. The predicted molar refractivity (Wildman–Crippen MR) is 85.8 cm³/mol. The number of alkyl halides is 1. The molecule has 5 heteroatoms. The summed E-state index contributed by atoms with van der Waals surface area (Å²) in [5.74, 6) is -0.0859. The SMILES string of the molecule is O=C(Nc1nc2c(s1)CCCC2)c1ccc(CBr)cc1. The van der Waals surface area contributed by atoms with Gasteiger partial charge in [-0.15, -0.1) is 11.3 Å². The summed E-state index contributed by atoms with van der Waals surface area (Å²) in [6.07, 6.45) is 4.58. The number of carbonyl (C=O) groups is 1. The lowest BCUT2D eigenvalue weighted by molar-refractivity contribution is 0.102. The second kappa shape index (κ2) is 6.06. The molecule has 0 saturated carbocycles. The standard InChI is InChI=1S/C15H15BrN2OS/c16-9-10-5-7-11(8-6-10)14(19)18-15-17-12-3-1-2-4-13(12)20-15/h5-8H,1-4,9H2,(H,17,18,19). The number of aromatic nitrogens is 1. The predicted octanol–water partition coefficient (Wildman–Crippen LogP) is 4.17. The highest BCUT2D eigenvalue weighted by Crippen LogP contribution is 2.29. The first kappa shape index (κ1) is 13.8. The van der Waals surface area contributed by atoms with Gasteiger partial charge in [0.15, 0.2) is 5.13 Å². The van der Waals surface area contributed by atoms with E-state index in [-0.39, 0.29) is 5.91 Å². The first-order valence-corrected chi connectivity index (χ1v) is 8.65. The molecule has 0 aliphatic heterocycles. The maximum atomic E-state index is 12.2. The Hall–Kier alpha value is -1.20. The highest BCUT2D eigenvalue weighted by atomic mass is 79.9. The summed E-state index contributed by atoms with van der Waals surface area (Å²) in [4.78, 5) is 18.0. The van der Waals surface area contributed by atoms with Gasteiger partial charge in [0.2, 0.25) is 0 Å². The van der Waals surface area contributed by atoms with E-state index in [9.17, 15) is 4.79 Å². The van der Waals surface area contributed by atoms with E-state index < -0.39 is 0 Å². The molecule has 3 nitrogen and oxygen atoms in total. The van der Waals surface area contributed by atoms with Crippen molar-refractivity contribution in [1.82, 2.24) is 4.98 Å². The van der Waals surface area contributed by atoms with E-state index in [2.05, 4.69) is 26.2 Å². The fourth-order valence-corrected chi connectivity index (χ4v) is 3.74. The first-order valence-electron chi connectivity index (χ1n) is 6.71. The Bertz CT molecular complexity index is 598. The minimum Gasteiger partial charge on any atom is -0.298 e. The van der Waals surface area contributed by atoms with Crippen LogP contribution in [-0.4, -0.2) is 10.9 Å². The fraction of sp³-hybridized carbons (Fsp3) is 0.333. The van der Waals surface area contributed by atoms with E-state index in [1.54, 1.807) is 11.3 Å². The molecular weight excluding hydrogens is 336 g/mol. The Morgan fingerprint density at radius 1 is 1.25 bits per heavy atom. The van der Waals surface area contributed by atoms with E-state index in [0.717, 1.165) is 28.9 Å². The minimum absolute atomic E-state index is 0.0859. The molecule has 3 rings (SSSR count). The molecule has 1 N–H and O–H groups in total. The van der Waals surface area contributed by atoms with Crippen LogP contribution in [0.3, 0.4) is 0 Å². The lowest BCUT2D eigenvalue weighted by atomic mass is 10.0. The van der Waals surface area contributed by atoms with Gasteiger partial charge in [0, 0.05) is 15.8 Å². The number of benzene rings is 1. The summed E-state index contributed by atoms with van der Waals surface area (Å²) in [7, 11) is 0. The van der Waals surface area contributed by atoms with Crippen LogP contribution in [0.2, 0.25) is 0 Å². The molecule has 2 aromatic rings. The maximum Gasteiger partial charge on any atom is 0.257 e. The fourth-order valence-electron chi connectivity index (χ4n) is 2.32. The third-order valence-electron chi connectivity index (χ3n) is 3.44. The summed E-state index contributed by atoms with van der Waals surface area (Å²) < 4.78 is 0. The molecule has 1 aromatic carbocycles. The van der Waals surface area contributed by atoms with Gasteiger partial charge in [-0.3, -0.25) is 10.1 Å². The number of fused-ring (bicyclic) bond motifs is 1. The number of hydrogen-bond acceptors (Lipinski definition) is 3. The average molecular weight is 351 g/mol. The monoisotopic (exact) mass is 350 g/mol. The number of carbonyl (C=O) groups excluding carboxylic acids is 1. The number of nitrogens with one attached hydrogen (secondary N) is 1. The summed E-state index contributed by atoms with van der Waals surface area (Å²) in [6.45, 7) is 0. The van der Waals surface area contributed by atoms with Gasteiger partial charge in [-0.05, 0) is 43.4 Å². The molecule has 1 amide bonds. The molecule has 0 atom stereocenters. The second-order valence-electron chi connectivity index (χ2n) is 4.88. The molecule has 1 aromatic heterocycles. The first-order chi connectivity index (χ1) is 9.76. The number of nitrogens with zero attached hydrogens (tertiary/aromatic N) is 1. The second-order valence-corrected chi connectivity index (χ2v) is 6.53. The van der Waals surface area contributed by atoms with Crippen molar-refractivity contribution in [2.75, 3.05) is 5.32 Å². The van der Waals surface area contributed by atoms with Gasteiger partial charge in [0.25, 0.3) is 5.91 Å².